The molecule has 1 fully saturated rings. The van der Waals surface area contributed by atoms with Gasteiger partial charge in [0.2, 0.25) is 5.91 Å². The highest BCUT2D eigenvalue weighted by Crippen LogP contribution is 2.41. The van der Waals surface area contributed by atoms with Crippen LogP contribution in [0.15, 0.2) is 35.3 Å². The maximum absolute atomic E-state index is 13.8. The molecule has 1 aromatic rings. The van der Waals surface area contributed by atoms with E-state index in [9.17, 15) is 22.8 Å². The second kappa shape index (κ2) is 6.16. The van der Waals surface area contributed by atoms with E-state index in [0.29, 0.717) is 18.4 Å². The molecule has 1 N–H and O–H groups in total. The Morgan fingerprint density at radius 2 is 1.84 bits per heavy atom. The zero-order valence-corrected chi connectivity index (χ0v) is 13.6. The van der Waals surface area contributed by atoms with Gasteiger partial charge in [0, 0.05) is 18.5 Å². The summed E-state index contributed by atoms with van der Waals surface area (Å²) >= 11 is 0. The molecule has 2 amide bonds. The van der Waals surface area contributed by atoms with Gasteiger partial charge < -0.3 is 5.32 Å². The third-order valence-electron chi connectivity index (χ3n) is 4.52. The SMILES string of the molecule is CC(=O)N[C@]1(C(F)(F)F)N=C(c2ccccc2)N(C2CCCC2)C1=O. The molecule has 1 aliphatic carbocycles. The number of alkyl halides is 3. The van der Waals surface area contributed by atoms with Crippen molar-refractivity contribution in [3.8, 4) is 0 Å². The molecule has 1 heterocycles. The van der Waals surface area contributed by atoms with Crippen LogP contribution in [0, 0.1) is 0 Å². The standard InChI is InChI=1S/C17H18F3N3O2/c1-11(24)21-16(17(18,19)20)15(25)23(13-9-5-6-10-13)14(22-16)12-7-3-2-4-8-12/h2-4,7-8,13H,5-6,9-10H2,1H3,(H,21,24)/t16-/m0/s1. The molecular weight excluding hydrogens is 335 g/mol. The lowest BCUT2D eigenvalue weighted by Crippen LogP contribution is -2.63. The summed E-state index contributed by atoms with van der Waals surface area (Å²) in [5.41, 5.74) is -2.84. The summed E-state index contributed by atoms with van der Waals surface area (Å²) in [7, 11) is 0. The van der Waals surface area contributed by atoms with Crippen LogP contribution < -0.4 is 5.32 Å². The average molecular weight is 353 g/mol. The number of nitrogens with one attached hydrogen (secondary N) is 1. The van der Waals surface area contributed by atoms with E-state index in [-0.39, 0.29) is 11.9 Å². The molecule has 25 heavy (non-hydrogen) atoms. The van der Waals surface area contributed by atoms with Gasteiger partial charge in [-0.1, -0.05) is 43.2 Å². The quantitative estimate of drug-likeness (QED) is 0.908. The van der Waals surface area contributed by atoms with Crippen LogP contribution in [0.1, 0.15) is 38.2 Å². The Morgan fingerprint density at radius 1 is 1.24 bits per heavy atom. The summed E-state index contributed by atoms with van der Waals surface area (Å²) in [6.45, 7) is 0.941. The van der Waals surface area contributed by atoms with Gasteiger partial charge in [-0.15, -0.1) is 0 Å². The predicted molar refractivity (Wildman–Crippen MR) is 84.7 cm³/mol. The highest BCUT2D eigenvalue weighted by molar-refractivity contribution is 6.16. The highest BCUT2D eigenvalue weighted by Gasteiger charge is 2.67. The van der Waals surface area contributed by atoms with E-state index < -0.39 is 23.7 Å². The highest BCUT2D eigenvalue weighted by atomic mass is 19.4. The van der Waals surface area contributed by atoms with Crippen LogP contribution in [0.3, 0.4) is 0 Å². The van der Waals surface area contributed by atoms with Crippen molar-refractivity contribution in [2.75, 3.05) is 0 Å². The molecular formula is C17H18F3N3O2. The molecule has 3 rings (SSSR count). The molecule has 1 aromatic carbocycles. The largest absolute Gasteiger partial charge is 0.442 e. The number of nitrogens with zero attached hydrogens (tertiary/aromatic N) is 2. The number of hydrogen-bond donors (Lipinski definition) is 1. The number of aliphatic imine (C=N–C) groups is 1. The zero-order valence-electron chi connectivity index (χ0n) is 13.6. The lowest BCUT2D eigenvalue weighted by molar-refractivity contribution is -0.200. The fraction of sp³-hybridized carbons (Fsp3) is 0.471. The molecule has 0 saturated heterocycles. The van der Waals surface area contributed by atoms with Gasteiger partial charge in [0.15, 0.2) is 0 Å². The Morgan fingerprint density at radius 3 is 2.36 bits per heavy atom. The van der Waals surface area contributed by atoms with Gasteiger partial charge in [-0.2, -0.15) is 13.2 Å². The van der Waals surface area contributed by atoms with Crippen LogP contribution in [0.4, 0.5) is 13.2 Å². The van der Waals surface area contributed by atoms with Gasteiger partial charge in [0.1, 0.15) is 5.84 Å². The van der Waals surface area contributed by atoms with Crippen molar-refractivity contribution in [2.45, 2.75) is 50.5 Å². The summed E-state index contributed by atoms with van der Waals surface area (Å²) in [5, 5.41) is 1.76. The normalized spacial score (nSPS) is 24.6. The van der Waals surface area contributed by atoms with Crippen LogP contribution in [-0.2, 0) is 9.59 Å². The van der Waals surface area contributed by atoms with Crippen molar-refractivity contribution in [1.29, 1.82) is 0 Å². The fourth-order valence-corrected chi connectivity index (χ4v) is 3.41. The van der Waals surface area contributed by atoms with Crippen molar-refractivity contribution in [1.82, 2.24) is 10.2 Å². The van der Waals surface area contributed by atoms with E-state index in [1.54, 1.807) is 35.6 Å². The molecule has 0 aromatic heterocycles. The van der Waals surface area contributed by atoms with Gasteiger partial charge >= 0.3 is 11.8 Å². The van der Waals surface area contributed by atoms with Crippen LogP contribution in [0.25, 0.3) is 0 Å². The molecule has 0 unspecified atom stereocenters. The first kappa shape index (κ1) is 17.4. The van der Waals surface area contributed by atoms with Crippen LogP contribution in [-0.4, -0.2) is 40.4 Å². The lowest BCUT2D eigenvalue weighted by atomic mass is 10.1. The molecule has 0 bridgehead atoms. The number of carbonyl (C=O) groups excluding carboxylic acids is 2. The monoisotopic (exact) mass is 353 g/mol. The third-order valence-corrected chi connectivity index (χ3v) is 4.52. The molecule has 1 aliphatic heterocycles. The minimum absolute atomic E-state index is 0.0384. The van der Waals surface area contributed by atoms with Crippen molar-refractivity contribution >= 4 is 17.6 Å². The minimum atomic E-state index is -5.04. The van der Waals surface area contributed by atoms with Crippen molar-refractivity contribution in [3.63, 3.8) is 0 Å². The maximum atomic E-state index is 13.8. The number of amidine groups is 1. The second-order valence-corrected chi connectivity index (χ2v) is 6.30. The zero-order chi connectivity index (χ0) is 18.2. The first-order valence-electron chi connectivity index (χ1n) is 8.11. The number of rotatable bonds is 3. The predicted octanol–water partition coefficient (Wildman–Crippen LogP) is 2.61. The third kappa shape index (κ3) is 2.89. The van der Waals surface area contributed by atoms with E-state index in [2.05, 4.69) is 4.99 Å². The van der Waals surface area contributed by atoms with Crippen molar-refractivity contribution < 1.29 is 22.8 Å². The van der Waals surface area contributed by atoms with Crippen LogP contribution in [0.5, 0.6) is 0 Å². The molecule has 1 saturated carbocycles. The topological polar surface area (TPSA) is 61.8 Å². The van der Waals surface area contributed by atoms with Crippen LogP contribution in [0.2, 0.25) is 0 Å². The minimum Gasteiger partial charge on any atom is -0.317 e. The van der Waals surface area contributed by atoms with E-state index >= 15 is 0 Å². The van der Waals surface area contributed by atoms with E-state index in [4.69, 9.17) is 0 Å². The Labute approximate surface area is 142 Å². The summed E-state index contributed by atoms with van der Waals surface area (Å²) in [5.74, 6) is -2.24. The lowest BCUT2D eigenvalue weighted by Gasteiger charge is -2.31. The molecule has 5 nitrogen and oxygen atoms in total. The van der Waals surface area contributed by atoms with E-state index in [1.807, 2.05) is 0 Å². The fourth-order valence-electron chi connectivity index (χ4n) is 3.41. The molecule has 2 aliphatic rings. The molecule has 0 spiro atoms. The van der Waals surface area contributed by atoms with E-state index in [1.165, 1.54) is 0 Å². The first-order chi connectivity index (χ1) is 11.8. The summed E-state index contributed by atoms with van der Waals surface area (Å²) in [6.07, 6.45) is -2.12. The number of carbonyl (C=O) groups is 2. The summed E-state index contributed by atoms with van der Waals surface area (Å²) < 4.78 is 41.4. The molecule has 0 radical (unpaired) electrons. The average Bonchev–Trinajstić information content (AvgIpc) is 3.15. The van der Waals surface area contributed by atoms with E-state index in [0.717, 1.165) is 24.7 Å². The number of halogens is 3. The van der Waals surface area contributed by atoms with Gasteiger partial charge in [-0.05, 0) is 12.8 Å². The Kier molecular flexibility index (Phi) is 4.30. The Bertz CT molecular complexity index is 712. The van der Waals surface area contributed by atoms with Crippen molar-refractivity contribution in [3.05, 3.63) is 35.9 Å². The molecule has 8 heteroatoms. The smallest absolute Gasteiger partial charge is 0.317 e. The van der Waals surface area contributed by atoms with Crippen molar-refractivity contribution in [2.24, 2.45) is 4.99 Å². The van der Waals surface area contributed by atoms with Gasteiger partial charge in [0.25, 0.3) is 5.91 Å². The van der Waals surface area contributed by atoms with Crippen LogP contribution >= 0.6 is 0 Å². The van der Waals surface area contributed by atoms with Gasteiger partial charge in [-0.25, -0.2) is 4.99 Å². The summed E-state index contributed by atoms with van der Waals surface area (Å²) in [4.78, 5) is 29.1. The number of benzene rings is 1. The number of hydrogen-bond acceptors (Lipinski definition) is 3. The molecule has 1 atom stereocenters. The second-order valence-electron chi connectivity index (χ2n) is 6.30. The first-order valence-corrected chi connectivity index (χ1v) is 8.11. The summed E-state index contributed by atoms with van der Waals surface area (Å²) in [6, 6.07) is 7.93. The molecule has 134 valence electrons. The Hall–Kier alpha value is -2.38. The van der Waals surface area contributed by atoms with Gasteiger partial charge in [0.05, 0.1) is 0 Å². The maximum Gasteiger partial charge on any atom is 0.442 e. The van der Waals surface area contributed by atoms with Gasteiger partial charge in [-0.3, -0.25) is 14.5 Å². The number of amides is 2. The Balaban J connectivity index is 2.15.